The van der Waals surface area contributed by atoms with Gasteiger partial charge in [-0.2, -0.15) is 0 Å². The normalized spacial score (nSPS) is 10.3. The van der Waals surface area contributed by atoms with Crippen molar-refractivity contribution < 1.29 is 13.9 Å². The summed E-state index contributed by atoms with van der Waals surface area (Å²) in [6.07, 6.45) is 0.747. The van der Waals surface area contributed by atoms with E-state index in [0.29, 0.717) is 13.2 Å². The second-order valence-corrected chi connectivity index (χ2v) is 5.06. The largest absolute Gasteiger partial charge is 0.494 e. The van der Waals surface area contributed by atoms with Crippen molar-refractivity contribution in [1.29, 1.82) is 0 Å². The van der Waals surface area contributed by atoms with Gasteiger partial charge in [-0.05, 0) is 61.9 Å². The molecule has 1 amide bonds. The van der Waals surface area contributed by atoms with Crippen LogP contribution in [0.15, 0.2) is 48.5 Å². The number of hydrogen-bond acceptors (Lipinski definition) is 3. The molecule has 0 aliphatic carbocycles. The van der Waals surface area contributed by atoms with E-state index in [4.69, 9.17) is 4.74 Å². The Balaban J connectivity index is 1.67. The van der Waals surface area contributed by atoms with E-state index in [9.17, 15) is 9.18 Å². The second-order valence-electron chi connectivity index (χ2n) is 5.06. The number of nitrogens with one attached hydrogen (secondary N) is 2. The van der Waals surface area contributed by atoms with Gasteiger partial charge < -0.3 is 15.4 Å². The van der Waals surface area contributed by atoms with Crippen LogP contribution in [-0.4, -0.2) is 25.6 Å². The zero-order chi connectivity index (χ0) is 16.5. The van der Waals surface area contributed by atoms with E-state index in [0.717, 1.165) is 23.4 Å². The summed E-state index contributed by atoms with van der Waals surface area (Å²) < 4.78 is 18.1. The molecule has 0 heterocycles. The Hall–Kier alpha value is -2.40. The summed E-state index contributed by atoms with van der Waals surface area (Å²) in [7, 11) is 0. The minimum atomic E-state index is -0.239. The number of carbonyl (C=O) groups excluding carboxylic acids is 1. The summed E-state index contributed by atoms with van der Waals surface area (Å²) in [6.45, 7) is 3.42. The molecule has 0 radical (unpaired) electrons. The maximum absolute atomic E-state index is 12.8. The van der Waals surface area contributed by atoms with Gasteiger partial charge >= 0.3 is 0 Å². The van der Waals surface area contributed by atoms with Crippen LogP contribution in [0, 0.1) is 5.82 Å². The van der Waals surface area contributed by atoms with Crippen molar-refractivity contribution in [2.75, 3.05) is 25.0 Å². The first-order valence-electron chi connectivity index (χ1n) is 7.65. The minimum Gasteiger partial charge on any atom is -0.494 e. The monoisotopic (exact) mass is 316 g/mol. The molecular formula is C18H21FN2O2. The molecule has 2 aromatic rings. The van der Waals surface area contributed by atoms with Crippen LogP contribution >= 0.6 is 0 Å². The lowest BCUT2D eigenvalue weighted by Crippen LogP contribution is -2.29. The van der Waals surface area contributed by atoms with Crippen LogP contribution < -0.4 is 15.4 Å². The van der Waals surface area contributed by atoms with Gasteiger partial charge in [0.15, 0.2) is 0 Å². The molecule has 0 aromatic heterocycles. The Labute approximate surface area is 135 Å². The van der Waals surface area contributed by atoms with Gasteiger partial charge in [0, 0.05) is 5.69 Å². The third-order valence-corrected chi connectivity index (χ3v) is 3.24. The number of rotatable bonds is 8. The SMILES string of the molecule is CCOc1ccc(NC(=O)CNCCc2ccc(F)cc2)cc1. The second kappa shape index (κ2) is 8.90. The number of hydrogen-bond donors (Lipinski definition) is 2. The average molecular weight is 316 g/mol. The molecule has 0 saturated heterocycles. The molecular weight excluding hydrogens is 295 g/mol. The van der Waals surface area contributed by atoms with Crippen molar-refractivity contribution in [1.82, 2.24) is 5.32 Å². The molecule has 0 aliphatic heterocycles. The van der Waals surface area contributed by atoms with Crippen LogP contribution in [0.25, 0.3) is 0 Å². The van der Waals surface area contributed by atoms with Crippen molar-refractivity contribution in [2.45, 2.75) is 13.3 Å². The minimum absolute atomic E-state index is 0.103. The highest BCUT2D eigenvalue weighted by atomic mass is 19.1. The number of anilines is 1. The van der Waals surface area contributed by atoms with Crippen LogP contribution in [0.3, 0.4) is 0 Å². The molecule has 0 unspecified atom stereocenters. The van der Waals surface area contributed by atoms with Gasteiger partial charge in [0.1, 0.15) is 11.6 Å². The number of carbonyl (C=O) groups is 1. The van der Waals surface area contributed by atoms with E-state index in [-0.39, 0.29) is 18.3 Å². The molecule has 122 valence electrons. The molecule has 23 heavy (non-hydrogen) atoms. The number of halogens is 1. The standard InChI is InChI=1S/C18H21FN2O2/c1-2-23-17-9-7-16(8-10-17)21-18(22)13-20-12-11-14-3-5-15(19)6-4-14/h3-10,20H,2,11-13H2,1H3,(H,21,22). The molecule has 0 saturated carbocycles. The molecule has 5 heteroatoms. The lowest BCUT2D eigenvalue weighted by Gasteiger charge is -2.08. The molecule has 4 nitrogen and oxygen atoms in total. The molecule has 0 aliphatic rings. The fourth-order valence-corrected chi connectivity index (χ4v) is 2.09. The van der Waals surface area contributed by atoms with Crippen molar-refractivity contribution >= 4 is 11.6 Å². The lowest BCUT2D eigenvalue weighted by molar-refractivity contribution is -0.115. The van der Waals surface area contributed by atoms with E-state index in [1.807, 2.05) is 19.1 Å². The summed E-state index contributed by atoms with van der Waals surface area (Å²) >= 11 is 0. The van der Waals surface area contributed by atoms with Crippen molar-refractivity contribution in [3.05, 3.63) is 59.9 Å². The first-order chi connectivity index (χ1) is 11.2. The molecule has 0 bridgehead atoms. The first kappa shape index (κ1) is 17.0. The van der Waals surface area contributed by atoms with E-state index in [1.165, 1.54) is 12.1 Å². The Kier molecular flexibility index (Phi) is 6.56. The van der Waals surface area contributed by atoms with Crippen molar-refractivity contribution in [3.63, 3.8) is 0 Å². The van der Waals surface area contributed by atoms with Crippen LogP contribution in [0.1, 0.15) is 12.5 Å². The van der Waals surface area contributed by atoms with E-state index in [2.05, 4.69) is 10.6 Å². The molecule has 2 N–H and O–H groups in total. The van der Waals surface area contributed by atoms with E-state index >= 15 is 0 Å². The topological polar surface area (TPSA) is 50.4 Å². The zero-order valence-corrected chi connectivity index (χ0v) is 13.1. The van der Waals surface area contributed by atoms with Gasteiger partial charge in [-0.25, -0.2) is 4.39 Å². The van der Waals surface area contributed by atoms with Crippen molar-refractivity contribution in [2.24, 2.45) is 0 Å². The summed E-state index contributed by atoms with van der Waals surface area (Å²) in [5.41, 5.74) is 1.77. The van der Waals surface area contributed by atoms with Gasteiger partial charge in [0.05, 0.1) is 13.2 Å². The maximum atomic E-state index is 12.8. The highest BCUT2D eigenvalue weighted by Gasteiger charge is 2.02. The Morgan fingerprint density at radius 3 is 2.43 bits per heavy atom. The quantitative estimate of drug-likeness (QED) is 0.736. The van der Waals surface area contributed by atoms with Gasteiger partial charge in [0.2, 0.25) is 5.91 Å². The average Bonchev–Trinajstić information content (AvgIpc) is 2.55. The molecule has 2 rings (SSSR count). The van der Waals surface area contributed by atoms with Crippen LogP contribution in [0.2, 0.25) is 0 Å². The number of amides is 1. The zero-order valence-electron chi connectivity index (χ0n) is 13.1. The first-order valence-corrected chi connectivity index (χ1v) is 7.65. The third kappa shape index (κ3) is 6.08. The van der Waals surface area contributed by atoms with Gasteiger partial charge in [0.25, 0.3) is 0 Å². The van der Waals surface area contributed by atoms with Gasteiger partial charge in [-0.1, -0.05) is 12.1 Å². The van der Waals surface area contributed by atoms with Crippen LogP contribution in [0.4, 0.5) is 10.1 Å². The van der Waals surface area contributed by atoms with Crippen LogP contribution in [0.5, 0.6) is 5.75 Å². The van der Waals surface area contributed by atoms with Crippen LogP contribution in [-0.2, 0) is 11.2 Å². The summed E-state index contributed by atoms with van der Waals surface area (Å²) in [5.74, 6) is 0.438. The molecule has 0 atom stereocenters. The Morgan fingerprint density at radius 2 is 1.78 bits per heavy atom. The fourth-order valence-electron chi connectivity index (χ4n) is 2.09. The summed E-state index contributed by atoms with van der Waals surface area (Å²) in [4.78, 5) is 11.8. The summed E-state index contributed by atoms with van der Waals surface area (Å²) in [6, 6.07) is 13.6. The highest BCUT2D eigenvalue weighted by Crippen LogP contribution is 2.15. The molecule has 2 aromatic carbocycles. The predicted molar refractivity (Wildman–Crippen MR) is 89.2 cm³/mol. The summed E-state index contributed by atoms with van der Waals surface area (Å²) in [5, 5.41) is 5.88. The van der Waals surface area contributed by atoms with E-state index in [1.54, 1.807) is 24.3 Å². The van der Waals surface area contributed by atoms with Gasteiger partial charge in [-0.3, -0.25) is 4.79 Å². The highest BCUT2D eigenvalue weighted by molar-refractivity contribution is 5.92. The number of benzene rings is 2. The fraction of sp³-hybridized carbons (Fsp3) is 0.278. The smallest absolute Gasteiger partial charge is 0.238 e. The molecule has 0 fully saturated rings. The van der Waals surface area contributed by atoms with E-state index < -0.39 is 0 Å². The Bertz CT molecular complexity index is 612. The lowest BCUT2D eigenvalue weighted by atomic mass is 10.1. The van der Waals surface area contributed by atoms with Crippen molar-refractivity contribution in [3.8, 4) is 5.75 Å². The third-order valence-electron chi connectivity index (χ3n) is 3.24. The number of ether oxygens (including phenoxy) is 1. The molecule has 0 spiro atoms. The predicted octanol–water partition coefficient (Wildman–Crippen LogP) is 3.00. The Morgan fingerprint density at radius 1 is 1.09 bits per heavy atom. The maximum Gasteiger partial charge on any atom is 0.238 e. The van der Waals surface area contributed by atoms with Gasteiger partial charge in [-0.15, -0.1) is 0 Å².